The van der Waals surface area contributed by atoms with Crippen molar-refractivity contribution in [2.45, 2.75) is 180 Å². The molecule has 0 radical (unpaired) electrons. The van der Waals surface area contributed by atoms with Crippen molar-refractivity contribution in [3.63, 3.8) is 0 Å². The molecule has 5 fully saturated rings. The van der Waals surface area contributed by atoms with Crippen molar-refractivity contribution >= 4 is 15.6 Å². The zero-order chi connectivity index (χ0) is 50.1. The monoisotopic (exact) mass is 1030 g/mol. The highest BCUT2D eigenvalue weighted by Crippen LogP contribution is 2.39. The Bertz CT molecular complexity index is 1640. The number of phosphoric ester groups is 2. The van der Waals surface area contributed by atoms with Gasteiger partial charge in [0.1, 0.15) is 104 Å². The number of hydrogen-bond acceptors (Lipinski definition) is 27. The fraction of sp³-hybridized carbons (Fsp3) is 1.00. The second kappa shape index (κ2) is 23.4. The fourth-order valence-corrected chi connectivity index (χ4v) is 8.19. The molecule has 0 aromatic heterocycles. The highest BCUT2D eigenvalue weighted by Gasteiger charge is 2.54. The molecule has 5 aliphatic rings. The third-order valence-corrected chi connectivity index (χ3v) is 12.0. The van der Waals surface area contributed by atoms with E-state index in [4.69, 9.17) is 66.9 Å². The van der Waals surface area contributed by atoms with Crippen LogP contribution in [0.25, 0.3) is 0 Å². The highest BCUT2D eigenvalue weighted by molar-refractivity contribution is 7.46. The standard InChI is InChI=1S/C34H62O31P2/c1-34(2,3)65-32-20(40)11(59-33-28(24(44)16(36)12(5-35)60-33)64-31-27(47)23(43)19(39)15(63-31)9-57-67(51,52)53)4-10(58-32)6-54-29-25(45)21(41)17(37)13(61-29)7-55-30-26(46)22(42)18(38)14(62-30)8-56-66(48,49)50/h10-33,35-47H,4-9H2,1-3H3,(H2,48,49,50)(H2,51,52,53)/t10?,11-,12?,13?,14?,15?,16+,17+,18+,19+,20?,21-,22-,23-,24-,25?,26?,27?,28?,29-,30-,31+,32-,33-/m0/s1. The number of phosphoric acid groups is 2. The summed E-state index contributed by atoms with van der Waals surface area (Å²) in [5.41, 5.74) is -1.01. The van der Waals surface area contributed by atoms with E-state index in [2.05, 4.69) is 9.05 Å². The summed E-state index contributed by atoms with van der Waals surface area (Å²) >= 11 is 0. The number of rotatable bonds is 18. The molecule has 33 heteroatoms. The molecule has 5 saturated heterocycles. The average Bonchev–Trinajstić information content (AvgIpc) is 3.23. The quantitative estimate of drug-likeness (QED) is 0.0567. The van der Waals surface area contributed by atoms with Crippen molar-refractivity contribution in [3.8, 4) is 0 Å². The predicted molar refractivity (Wildman–Crippen MR) is 206 cm³/mol. The van der Waals surface area contributed by atoms with Gasteiger partial charge >= 0.3 is 15.6 Å². The fourth-order valence-electron chi connectivity index (χ4n) is 7.51. The largest absolute Gasteiger partial charge is 0.469 e. The first kappa shape index (κ1) is 57.2. The summed E-state index contributed by atoms with van der Waals surface area (Å²) in [5.74, 6) is 0. The minimum absolute atomic E-state index is 0.367. The van der Waals surface area contributed by atoms with Crippen molar-refractivity contribution in [2.75, 3.05) is 33.0 Å². The van der Waals surface area contributed by atoms with Crippen LogP contribution in [0.3, 0.4) is 0 Å². The van der Waals surface area contributed by atoms with E-state index in [-0.39, 0.29) is 6.42 Å². The first-order valence-electron chi connectivity index (χ1n) is 20.7. The Labute approximate surface area is 380 Å². The van der Waals surface area contributed by atoms with Gasteiger partial charge in [-0.05, 0) is 20.8 Å². The molecule has 0 aromatic rings. The van der Waals surface area contributed by atoms with E-state index >= 15 is 0 Å². The smallest absolute Gasteiger partial charge is 0.394 e. The van der Waals surface area contributed by atoms with Crippen molar-refractivity contribution in [1.29, 1.82) is 0 Å². The van der Waals surface area contributed by atoms with Gasteiger partial charge < -0.3 is 133 Å². The van der Waals surface area contributed by atoms with Gasteiger partial charge in [0.25, 0.3) is 0 Å². The van der Waals surface area contributed by atoms with Crippen molar-refractivity contribution < 1.29 is 152 Å². The van der Waals surface area contributed by atoms with Crippen LogP contribution in [-0.4, -0.2) is 272 Å². The predicted octanol–water partition coefficient (Wildman–Crippen LogP) is -8.84. The Hall–Kier alpha value is -0.700. The summed E-state index contributed by atoms with van der Waals surface area (Å²) in [6, 6.07) is 0. The maximum Gasteiger partial charge on any atom is 0.469 e. The normalized spacial score (nSPS) is 46.1. The molecule has 0 amide bonds. The molecule has 0 aliphatic carbocycles. The number of hydrogen-bond donors (Lipinski definition) is 17. The van der Waals surface area contributed by atoms with Gasteiger partial charge in [-0.25, -0.2) is 9.13 Å². The molecule has 0 bridgehead atoms. The lowest BCUT2D eigenvalue weighted by Gasteiger charge is -2.48. The Morgan fingerprint density at radius 2 is 0.881 bits per heavy atom. The topological polar surface area (TPSA) is 489 Å². The Kier molecular flexibility index (Phi) is 20.0. The molecule has 5 rings (SSSR count). The molecule has 5 heterocycles. The Balaban J connectivity index is 1.29. The molecule has 31 nitrogen and oxygen atoms in total. The van der Waals surface area contributed by atoms with Crippen molar-refractivity contribution in [3.05, 3.63) is 0 Å². The molecule has 24 atom stereocenters. The SMILES string of the molecule is CC(C)(C)O[C@@H]1OC(CO[C@H]2OC(CO[C@H]3OC(COP(=O)(O)O)[C@@H](O)[C@H](O)C3O)[C@@H](O)[C@H](O)C2O)C[C@H](O[C@H]2OC(CO)[C@@H](O)[C@H](O)C2O[C@H]2OC(COP(=O)(O)O)[C@@H](O)[C@H](O)C2O)C1O. The van der Waals surface area contributed by atoms with E-state index in [1.54, 1.807) is 20.8 Å². The maximum atomic E-state index is 11.5. The summed E-state index contributed by atoms with van der Waals surface area (Å²) in [6.07, 6.45) is -44.1. The second-order valence-electron chi connectivity index (χ2n) is 17.3. The third kappa shape index (κ3) is 14.9. The molecular weight excluding hydrogens is 966 g/mol. The summed E-state index contributed by atoms with van der Waals surface area (Å²) in [7, 11) is -10.2. The number of aliphatic hydroxyl groups excluding tert-OH is 13. The van der Waals surface area contributed by atoms with E-state index in [9.17, 15) is 75.5 Å². The van der Waals surface area contributed by atoms with Gasteiger partial charge in [0.2, 0.25) is 0 Å². The highest BCUT2D eigenvalue weighted by atomic mass is 31.2. The van der Waals surface area contributed by atoms with Crippen LogP contribution >= 0.6 is 15.6 Å². The van der Waals surface area contributed by atoms with Gasteiger partial charge in [0, 0.05) is 6.42 Å². The van der Waals surface area contributed by atoms with Gasteiger partial charge in [-0.1, -0.05) is 0 Å². The molecule has 0 aromatic carbocycles. The first-order chi connectivity index (χ1) is 31.0. The van der Waals surface area contributed by atoms with Crippen LogP contribution in [0.1, 0.15) is 27.2 Å². The lowest BCUT2D eigenvalue weighted by molar-refractivity contribution is -0.384. The van der Waals surface area contributed by atoms with E-state index < -0.39 is 202 Å². The molecule has 67 heavy (non-hydrogen) atoms. The lowest BCUT2D eigenvalue weighted by Crippen LogP contribution is -2.65. The average molecular weight is 1030 g/mol. The summed E-state index contributed by atoms with van der Waals surface area (Å²) < 4.78 is 88.1. The Morgan fingerprint density at radius 3 is 1.34 bits per heavy atom. The van der Waals surface area contributed by atoms with E-state index in [0.717, 1.165) is 0 Å². The maximum absolute atomic E-state index is 11.5. The molecule has 0 spiro atoms. The Morgan fingerprint density at radius 1 is 0.463 bits per heavy atom. The van der Waals surface area contributed by atoms with E-state index in [0.29, 0.717) is 0 Å². The first-order valence-corrected chi connectivity index (χ1v) is 23.7. The van der Waals surface area contributed by atoms with E-state index in [1.807, 2.05) is 0 Å². The minimum atomic E-state index is -5.14. The second-order valence-corrected chi connectivity index (χ2v) is 19.8. The summed E-state index contributed by atoms with van der Waals surface area (Å²) in [5, 5.41) is 138. The molecule has 394 valence electrons. The van der Waals surface area contributed by atoms with Crippen LogP contribution in [0.5, 0.6) is 0 Å². The van der Waals surface area contributed by atoms with Crippen LogP contribution in [0.15, 0.2) is 0 Å². The zero-order valence-corrected chi connectivity index (χ0v) is 37.6. The van der Waals surface area contributed by atoms with Gasteiger partial charge in [0.05, 0.1) is 50.8 Å². The molecule has 10 unspecified atom stereocenters. The summed E-state index contributed by atoms with van der Waals surface area (Å²) in [4.78, 5) is 36.3. The van der Waals surface area contributed by atoms with Crippen LogP contribution in [0, 0.1) is 0 Å². The van der Waals surface area contributed by atoms with Crippen LogP contribution in [-0.2, 0) is 65.5 Å². The summed E-state index contributed by atoms with van der Waals surface area (Å²) in [6.45, 7) is 0.575. The van der Waals surface area contributed by atoms with E-state index in [1.165, 1.54) is 0 Å². The third-order valence-electron chi connectivity index (χ3n) is 11.1. The number of aliphatic hydroxyl groups is 13. The molecule has 5 aliphatic heterocycles. The zero-order valence-electron chi connectivity index (χ0n) is 35.8. The molecule has 17 N–H and O–H groups in total. The lowest BCUT2D eigenvalue weighted by atomic mass is 9.96. The van der Waals surface area contributed by atoms with Crippen LogP contribution < -0.4 is 0 Å². The van der Waals surface area contributed by atoms with Gasteiger partial charge in [-0.2, -0.15) is 0 Å². The van der Waals surface area contributed by atoms with Crippen LogP contribution in [0.4, 0.5) is 0 Å². The van der Waals surface area contributed by atoms with Crippen molar-refractivity contribution in [2.24, 2.45) is 0 Å². The number of ether oxygens (including phenoxy) is 10. The molecule has 0 saturated carbocycles. The molecular formula is C34H62O31P2. The minimum Gasteiger partial charge on any atom is -0.394 e. The van der Waals surface area contributed by atoms with Gasteiger partial charge in [-0.3, -0.25) is 9.05 Å². The van der Waals surface area contributed by atoms with Gasteiger partial charge in [0.15, 0.2) is 31.5 Å². The van der Waals surface area contributed by atoms with Gasteiger partial charge in [-0.15, -0.1) is 0 Å². The van der Waals surface area contributed by atoms with Crippen LogP contribution in [0.2, 0.25) is 0 Å². The van der Waals surface area contributed by atoms with Crippen molar-refractivity contribution in [1.82, 2.24) is 0 Å².